The average Bonchev–Trinajstić information content (AvgIpc) is 3.07. The van der Waals surface area contributed by atoms with Gasteiger partial charge in [-0.3, -0.25) is 0 Å². The van der Waals surface area contributed by atoms with E-state index in [1.54, 1.807) is 14.2 Å². The Morgan fingerprint density at radius 1 is 0.488 bits per heavy atom. The SMILES string of the molecule is COC1=CC=C(N(c2ccccc2)c2ccc(-c3ccc(N(c4ccccc4)c4ccc(OC)cc4)cc3)cc2)CC1C. The first kappa shape index (κ1) is 27.9. The number of allylic oxidation sites excluding steroid dienone is 4. The minimum absolute atomic E-state index is 0.322. The maximum absolute atomic E-state index is 5.58. The van der Waals surface area contributed by atoms with Gasteiger partial charge in [0, 0.05) is 40.1 Å². The van der Waals surface area contributed by atoms with Crippen molar-refractivity contribution < 1.29 is 9.47 Å². The maximum Gasteiger partial charge on any atom is 0.119 e. The predicted octanol–water partition coefficient (Wildman–Crippen LogP) is 10.4. The monoisotopic (exact) mass is 564 g/mol. The normalized spacial score (nSPS) is 14.3. The Morgan fingerprint density at radius 3 is 1.40 bits per heavy atom. The lowest BCUT2D eigenvalue weighted by Gasteiger charge is -2.31. The first-order valence-corrected chi connectivity index (χ1v) is 14.6. The van der Waals surface area contributed by atoms with Crippen molar-refractivity contribution in [2.24, 2.45) is 5.92 Å². The van der Waals surface area contributed by atoms with E-state index in [9.17, 15) is 0 Å². The summed E-state index contributed by atoms with van der Waals surface area (Å²) in [6, 6.07) is 46.8. The van der Waals surface area contributed by atoms with Gasteiger partial charge < -0.3 is 19.3 Å². The van der Waals surface area contributed by atoms with Crippen LogP contribution in [-0.4, -0.2) is 14.2 Å². The van der Waals surface area contributed by atoms with Gasteiger partial charge in [-0.1, -0.05) is 67.6 Å². The van der Waals surface area contributed by atoms with Gasteiger partial charge in [0.1, 0.15) is 5.75 Å². The Hall–Kier alpha value is -5.22. The molecule has 43 heavy (non-hydrogen) atoms. The standard InChI is InChI=1S/C39H36N2O2/c1-29-28-37(24-27-39(29)43-3)41(33-12-8-5-9-13-33)35-20-16-31(17-21-35)30-14-18-34(19-15-30)40(32-10-6-4-7-11-32)36-22-25-38(42-2)26-23-36/h4-27,29H,28H2,1-3H3. The lowest BCUT2D eigenvalue weighted by molar-refractivity contribution is 0.244. The largest absolute Gasteiger partial charge is 0.501 e. The van der Waals surface area contributed by atoms with Gasteiger partial charge in [0.2, 0.25) is 0 Å². The highest BCUT2D eigenvalue weighted by atomic mass is 16.5. The molecule has 0 fully saturated rings. The molecule has 4 heteroatoms. The molecule has 0 saturated heterocycles. The second kappa shape index (κ2) is 12.7. The van der Waals surface area contributed by atoms with E-state index in [4.69, 9.17) is 9.47 Å². The van der Waals surface area contributed by atoms with Crippen LogP contribution in [0.3, 0.4) is 0 Å². The van der Waals surface area contributed by atoms with Crippen molar-refractivity contribution in [3.05, 3.63) is 157 Å². The third kappa shape index (κ3) is 6.05. The second-order valence-corrected chi connectivity index (χ2v) is 10.7. The zero-order valence-electron chi connectivity index (χ0n) is 24.9. The van der Waals surface area contributed by atoms with Crippen LogP contribution in [0.25, 0.3) is 11.1 Å². The molecule has 5 aromatic carbocycles. The molecular weight excluding hydrogens is 528 g/mol. The van der Waals surface area contributed by atoms with Gasteiger partial charge in [-0.05, 0) is 102 Å². The number of benzene rings is 5. The molecule has 1 aliphatic carbocycles. The maximum atomic E-state index is 5.58. The van der Waals surface area contributed by atoms with E-state index in [2.05, 4.69) is 144 Å². The van der Waals surface area contributed by atoms with E-state index in [1.165, 1.54) is 16.8 Å². The highest BCUT2D eigenvalue weighted by molar-refractivity contribution is 5.79. The van der Waals surface area contributed by atoms with Gasteiger partial charge in [0.15, 0.2) is 0 Å². The third-order valence-corrected chi connectivity index (χ3v) is 7.91. The smallest absolute Gasteiger partial charge is 0.119 e. The van der Waals surface area contributed by atoms with Crippen LogP contribution in [0.4, 0.5) is 28.4 Å². The van der Waals surface area contributed by atoms with E-state index in [-0.39, 0.29) is 0 Å². The topological polar surface area (TPSA) is 24.9 Å². The zero-order chi connectivity index (χ0) is 29.6. The van der Waals surface area contributed by atoms with E-state index in [0.717, 1.165) is 46.4 Å². The minimum Gasteiger partial charge on any atom is -0.501 e. The number of rotatable bonds is 9. The van der Waals surface area contributed by atoms with Crippen LogP contribution in [0, 0.1) is 5.92 Å². The molecule has 1 aliphatic rings. The fourth-order valence-electron chi connectivity index (χ4n) is 5.68. The molecule has 0 heterocycles. The summed E-state index contributed by atoms with van der Waals surface area (Å²) >= 11 is 0. The van der Waals surface area contributed by atoms with Crippen molar-refractivity contribution in [2.75, 3.05) is 24.0 Å². The highest BCUT2D eigenvalue weighted by Crippen LogP contribution is 2.39. The fraction of sp³-hybridized carbons (Fsp3) is 0.128. The molecule has 1 atom stereocenters. The molecular formula is C39H36N2O2. The van der Waals surface area contributed by atoms with E-state index in [0.29, 0.717) is 5.92 Å². The summed E-state index contributed by atoms with van der Waals surface area (Å²) in [7, 11) is 3.44. The number of anilines is 5. The Kier molecular flexibility index (Phi) is 8.28. The summed E-state index contributed by atoms with van der Waals surface area (Å²) < 4.78 is 11.0. The third-order valence-electron chi connectivity index (χ3n) is 7.91. The fourth-order valence-corrected chi connectivity index (χ4v) is 5.68. The Balaban J connectivity index is 1.30. The van der Waals surface area contributed by atoms with Crippen LogP contribution < -0.4 is 14.5 Å². The molecule has 4 nitrogen and oxygen atoms in total. The molecule has 0 radical (unpaired) electrons. The van der Waals surface area contributed by atoms with Crippen molar-refractivity contribution in [1.82, 2.24) is 0 Å². The van der Waals surface area contributed by atoms with Gasteiger partial charge in [0.05, 0.1) is 20.0 Å². The van der Waals surface area contributed by atoms with Crippen LogP contribution in [0.1, 0.15) is 13.3 Å². The molecule has 1 unspecified atom stereocenters. The van der Waals surface area contributed by atoms with E-state index in [1.807, 2.05) is 18.2 Å². The van der Waals surface area contributed by atoms with Crippen molar-refractivity contribution in [3.63, 3.8) is 0 Å². The van der Waals surface area contributed by atoms with Gasteiger partial charge in [-0.2, -0.15) is 0 Å². The molecule has 0 bridgehead atoms. The van der Waals surface area contributed by atoms with Gasteiger partial charge in [-0.25, -0.2) is 0 Å². The molecule has 0 amide bonds. The Morgan fingerprint density at radius 2 is 0.930 bits per heavy atom. The summed E-state index contributed by atoms with van der Waals surface area (Å²) in [6.07, 6.45) is 5.18. The lowest BCUT2D eigenvalue weighted by atomic mass is 9.96. The van der Waals surface area contributed by atoms with Gasteiger partial charge in [0.25, 0.3) is 0 Å². The molecule has 5 aromatic rings. The van der Waals surface area contributed by atoms with Crippen LogP contribution >= 0.6 is 0 Å². The molecule has 0 spiro atoms. The number of hydrogen-bond donors (Lipinski definition) is 0. The molecule has 0 aromatic heterocycles. The zero-order valence-corrected chi connectivity index (χ0v) is 24.9. The van der Waals surface area contributed by atoms with Crippen LogP contribution in [-0.2, 0) is 4.74 Å². The number of methoxy groups -OCH3 is 2. The average molecular weight is 565 g/mol. The van der Waals surface area contributed by atoms with E-state index < -0.39 is 0 Å². The van der Waals surface area contributed by atoms with Crippen molar-refractivity contribution >= 4 is 28.4 Å². The highest BCUT2D eigenvalue weighted by Gasteiger charge is 2.22. The Bertz CT molecular complexity index is 1690. The van der Waals surface area contributed by atoms with Gasteiger partial charge in [-0.15, -0.1) is 0 Å². The number of ether oxygens (including phenoxy) is 2. The van der Waals surface area contributed by atoms with Crippen molar-refractivity contribution in [1.29, 1.82) is 0 Å². The molecule has 0 N–H and O–H groups in total. The van der Waals surface area contributed by atoms with Crippen LogP contribution in [0.5, 0.6) is 5.75 Å². The number of para-hydroxylation sites is 2. The van der Waals surface area contributed by atoms with Crippen molar-refractivity contribution in [3.8, 4) is 16.9 Å². The first-order valence-electron chi connectivity index (χ1n) is 14.6. The summed E-state index contributed by atoms with van der Waals surface area (Å²) in [4.78, 5) is 4.60. The van der Waals surface area contributed by atoms with Crippen LogP contribution in [0.2, 0.25) is 0 Å². The molecule has 214 valence electrons. The molecule has 0 aliphatic heterocycles. The first-order chi connectivity index (χ1) is 21.1. The van der Waals surface area contributed by atoms with Crippen molar-refractivity contribution in [2.45, 2.75) is 13.3 Å². The van der Waals surface area contributed by atoms with Crippen LogP contribution in [0.15, 0.2) is 157 Å². The minimum atomic E-state index is 0.322. The van der Waals surface area contributed by atoms with E-state index >= 15 is 0 Å². The van der Waals surface area contributed by atoms with Gasteiger partial charge >= 0.3 is 0 Å². The lowest BCUT2D eigenvalue weighted by Crippen LogP contribution is -2.21. The number of hydrogen-bond acceptors (Lipinski definition) is 4. The molecule has 6 rings (SSSR count). The number of nitrogens with zero attached hydrogens (tertiary/aromatic N) is 2. The summed E-state index contributed by atoms with van der Waals surface area (Å²) in [5, 5.41) is 0. The quantitative estimate of drug-likeness (QED) is 0.178. The predicted molar refractivity (Wildman–Crippen MR) is 179 cm³/mol. The summed E-state index contributed by atoms with van der Waals surface area (Å²) in [6.45, 7) is 2.21. The molecule has 0 saturated carbocycles. The summed E-state index contributed by atoms with van der Waals surface area (Å²) in [5.74, 6) is 2.18. The second-order valence-electron chi connectivity index (χ2n) is 10.7. The Labute approximate surface area is 254 Å². The summed E-state index contributed by atoms with van der Waals surface area (Å²) in [5.41, 5.74) is 9.13.